The Morgan fingerprint density at radius 3 is 2.45 bits per heavy atom. The second kappa shape index (κ2) is 7.41. The number of hydrogen-bond acceptors (Lipinski definition) is 3. The number of carbonyl (C=O) groups is 2. The van der Waals surface area contributed by atoms with E-state index in [1.165, 1.54) is 6.92 Å². The van der Waals surface area contributed by atoms with Crippen LogP contribution in [0.1, 0.15) is 36.2 Å². The largest absolute Gasteiger partial charge is 0.487 e. The molecular formula is C18H19NO3. The van der Waals surface area contributed by atoms with Crippen molar-refractivity contribution in [2.24, 2.45) is 0 Å². The zero-order chi connectivity index (χ0) is 15.9. The van der Waals surface area contributed by atoms with Crippen LogP contribution in [0.5, 0.6) is 5.75 Å². The first kappa shape index (κ1) is 15.8. The second-order valence-electron chi connectivity index (χ2n) is 4.94. The fourth-order valence-electron chi connectivity index (χ4n) is 1.95. The summed E-state index contributed by atoms with van der Waals surface area (Å²) in [5, 5.41) is 2.78. The van der Waals surface area contributed by atoms with E-state index < -0.39 is 0 Å². The summed E-state index contributed by atoms with van der Waals surface area (Å²) in [5.74, 6) is 0.377. The minimum atomic E-state index is -0.120. The molecule has 0 aromatic heterocycles. The molecule has 0 spiro atoms. The summed E-state index contributed by atoms with van der Waals surface area (Å²) in [7, 11) is 0. The van der Waals surface area contributed by atoms with Gasteiger partial charge in [-0.05, 0) is 30.7 Å². The third kappa shape index (κ3) is 4.19. The number of benzene rings is 2. The summed E-state index contributed by atoms with van der Waals surface area (Å²) in [6.45, 7) is 3.66. The summed E-state index contributed by atoms with van der Waals surface area (Å²) >= 11 is 0. The predicted octanol–water partition coefficient (Wildman–Crippen LogP) is 3.82. The van der Waals surface area contributed by atoms with E-state index in [1.807, 2.05) is 30.3 Å². The molecule has 0 aliphatic rings. The molecule has 114 valence electrons. The quantitative estimate of drug-likeness (QED) is 0.825. The van der Waals surface area contributed by atoms with E-state index in [4.69, 9.17) is 4.74 Å². The van der Waals surface area contributed by atoms with E-state index in [2.05, 4.69) is 5.32 Å². The van der Waals surface area contributed by atoms with Crippen LogP contribution in [0.25, 0.3) is 0 Å². The van der Waals surface area contributed by atoms with Crippen LogP contribution in [0, 0.1) is 0 Å². The second-order valence-corrected chi connectivity index (χ2v) is 4.94. The van der Waals surface area contributed by atoms with Crippen molar-refractivity contribution in [2.75, 3.05) is 5.32 Å². The van der Waals surface area contributed by atoms with Crippen LogP contribution in [-0.4, -0.2) is 11.7 Å². The first-order valence-corrected chi connectivity index (χ1v) is 7.21. The van der Waals surface area contributed by atoms with Gasteiger partial charge in [0.25, 0.3) is 0 Å². The SMILES string of the molecule is CCC(=O)Nc1cc(C(C)=O)ccc1OCc1ccccc1. The minimum Gasteiger partial charge on any atom is -0.487 e. The van der Waals surface area contributed by atoms with Gasteiger partial charge in [0.1, 0.15) is 12.4 Å². The maximum Gasteiger partial charge on any atom is 0.224 e. The van der Waals surface area contributed by atoms with Crippen LogP contribution in [0.3, 0.4) is 0 Å². The number of nitrogens with one attached hydrogen (secondary N) is 1. The van der Waals surface area contributed by atoms with Crippen molar-refractivity contribution in [1.82, 2.24) is 0 Å². The third-order valence-corrected chi connectivity index (χ3v) is 3.22. The highest BCUT2D eigenvalue weighted by molar-refractivity contribution is 5.98. The van der Waals surface area contributed by atoms with Crippen LogP contribution >= 0.6 is 0 Å². The Hall–Kier alpha value is -2.62. The molecule has 0 aliphatic carbocycles. The maximum absolute atomic E-state index is 11.6. The molecule has 4 heteroatoms. The lowest BCUT2D eigenvalue weighted by atomic mass is 10.1. The van der Waals surface area contributed by atoms with Gasteiger partial charge in [-0.1, -0.05) is 37.3 Å². The average molecular weight is 297 g/mol. The number of Topliss-reactive ketones (excluding diaryl/α,β-unsaturated/α-hetero) is 1. The lowest BCUT2D eigenvalue weighted by Gasteiger charge is -2.13. The molecule has 0 fully saturated rings. The monoisotopic (exact) mass is 297 g/mol. The topological polar surface area (TPSA) is 55.4 Å². The standard InChI is InChI=1S/C18H19NO3/c1-3-18(21)19-16-11-15(13(2)20)9-10-17(16)22-12-14-7-5-4-6-8-14/h4-11H,3,12H2,1-2H3,(H,19,21). The van der Waals surface area contributed by atoms with Gasteiger partial charge in [0.2, 0.25) is 5.91 Å². The summed E-state index contributed by atoms with van der Waals surface area (Å²) in [6, 6.07) is 14.8. The lowest BCUT2D eigenvalue weighted by molar-refractivity contribution is -0.115. The molecule has 0 aliphatic heterocycles. The Morgan fingerprint density at radius 1 is 1.09 bits per heavy atom. The molecular weight excluding hydrogens is 278 g/mol. The van der Waals surface area contributed by atoms with Crippen LogP contribution < -0.4 is 10.1 Å². The van der Waals surface area contributed by atoms with Gasteiger partial charge in [-0.25, -0.2) is 0 Å². The van der Waals surface area contributed by atoms with Crippen molar-refractivity contribution < 1.29 is 14.3 Å². The fraction of sp³-hybridized carbons (Fsp3) is 0.222. The van der Waals surface area contributed by atoms with Gasteiger partial charge in [-0.15, -0.1) is 0 Å². The average Bonchev–Trinajstić information content (AvgIpc) is 2.54. The molecule has 1 N–H and O–H groups in total. The van der Waals surface area contributed by atoms with Crippen LogP contribution in [0.2, 0.25) is 0 Å². The molecule has 0 radical (unpaired) electrons. The zero-order valence-corrected chi connectivity index (χ0v) is 12.8. The number of anilines is 1. The highest BCUT2D eigenvalue weighted by Gasteiger charge is 2.10. The molecule has 0 unspecified atom stereocenters. The van der Waals surface area contributed by atoms with Crippen LogP contribution in [0.4, 0.5) is 5.69 Å². The number of ketones is 1. The first-order valence-electron chi connectivity index (χ1n) is 7.21. The smallest absolute Gasteiger partial charge is 0.224 e. The normalized spacial score (nSPS) is 10.1. The number of rotatable bonds is 6. The molecule has 1 amide bonds. The van der Waals surface area contributed by atoms with Crippen molar-refractivity contribution in [3.63, 3.8) is 0 Å². The van der Waals surface area contributed by atoms with E-state index >= 15 is 0 Å². The molecule has 2 aromatic rings. The molecule has 2 aromatic carbocycles. The molecule has 22 heavy (non-hydrogen) atoms. The van der Waals surface area contributed by atoms with Crippen molar-refractivity contribution in [3.8, 4) is 5.75 Å². The van der Waals surface area contributed by atoms with Crippen molar-refractivity contribution >= 4 is 17.4 Å². The van der Waals surface area contributed by atoms with Gasteiger partial charge in [0, 0.05) is 12.0 Å². The Balaban J connectivity index is 2.21. The van der Waals surface area contributed by atoms with Crippen molar-refractivity contribution in [3.05, 3.63) is 59.7 Å². The van der Waals surface area contributed by atoms with Gasteiger partial charge in [-0.2, -0.15) is 0 Å². The number of ether oxygens (including phenoxy) is 1. The molecule has 2 rings (SSSR count). The van der Waals surface area contributed by atoms with E-state index in [0.29, 0.717) is 30.0 Å². The summed E-state index contributed by atoms with van der Waals surface area (Å²) in [4.78, 5) is 23.1. The summed E-state index contributed by atoms with van der Waals surface area (Å²) in [5.41, 5.74) is 2.10. The van der Waals surface area contributed by atoms with E-state index in [0.717, 1.165) is 5.56 Å². The van der Waals surface area contributed by atoms with Crippen LogP contribution in [0.15, 0.2) is 48.5 Å². The lowest BCUT2D eigenvalue weighted by Crippen LogP contribution is -2.11. The van der Waals surface area contributed by atoms with E-state index in [1.54, 1.807) is 25.1 Å². The minimum absolute atomic E-state index is 0.0541. The summed E-state index contributed by atoms with van der Waals surface area (Å²) in [6.07, 6.45) is 0.364. The third-order valence-electron chi connectivity index (χ3n) is 3.22. The highest BCUT2D eigenvalue weighted by Crippen LogP contribution is 2.27. The van der Waals surface area contributed by atoms with Gasteiger partial charge < -0.3 is 10.1 Å². The molecule has 0 saturated carbocycles. The molecule has 0 bridgehead atoms. The van der Waals surface area contributed by atoms with E-state index in [9.17, 15) is 9.59 Å². The number of hydrogen-bond donors (Lipinski definition) is 1. The number of carbonyl (C=O) groups excluding carboxylic acids is 2. The molecule has 0 saturated heterocycles. The van der Waals surface area contributed by atoms with Crippen LogP contribution in [-0.2, 0) is 11.4 Å². The molecule has 0 heterocycles. The Bertz CT molecular complexity index is 665. The Labute approximate surface area is 130 Å². The molecule has 4 nitrogen and oxygen atoms in total. The fourth-order valence-corrected chi connectivity index (χ4v) is 1.95. The Kier molecular flexibility index (Phi) is 5.31. The van der Waals surface area contributed by atoms with Gasteiger partial charge in [-0.3, -0.25) is 9.59 Å². The zero-order valence-electron chi connectivity index (χ0n) is 12.8. The predicted molar refractivity (Wildman–Crippen MR) is 86.1 cm³/mol. The molecule has 0 atom stereocenters. The first-order chi connectivity index (χ1) is 10.6. The summed E-state index contributed by atoms with van der Waals surface area (Å²) < 4.78 is 5.78. The van der Waals surface area contributed by atoms with Crippen molar-refractivity contribution in [1.29, 1.82) is 0 Å². The van der Waals surface area contributed by atoms with E-state index in [-0.39, 0.29) is 11.7 Å². The number of amides is 1. The van der Waals surface area contributed by atoms with Crippen molar-refractivity contribution in [2.45, 2.75) is 26.9 Å². The highest BCUT2D eigenvalue weighted by atomic mass is 16.5. The van der Waals surface area contributed by atoms with Gasteiger partial charge in [0.05, 0.1) is 5.69 Å². The van der Waals surface area contributed by atoms with Gasteiger partial charge >= 0.3 is 0 Å². The maximum atomic E-state index is 11.6. The Morgan fingerprint density at radius 2 is 1.82 bits per heavy atom. The van der Waals surface area contributed by atoms with Gasteiger partial charge in [0.15, 0.2) is 5.78 Å².